The fourth-order valence-corrected chi connectivity index (χ4v) is 3.97. The van der Waals surface area contributed by atoms with E-state index in [9.17, 15) is 0 Å². The number of nitrogens with one attached hydrogen (secondary N) is 1. The average Bonchev–Trinajstić information content (AvgIpc) is 2.41. The maximum Gasteiger partial charge on any atom is 0.0452 e. The summed E-state index contributed by atoms with van der Waals surface area (Å²) in [6.45, 7) is 4.69. The smallest absolute Gasteiger partial charge is 0.0452 e. The maximum atomic E-state index is 6.33. The third-order valence-electron chi connectivity index (χ3n) is 4.83. The Balaban J connectivity index is 2.11. The zero-order valence-electron chi connectivity index (χ0n) is 12.6. The monoisotopic (exact) mass is 313 g/mol. The van der Waals surface area contributed by atoms with Gasteiger partial charge >= 0.3 is 0 Å². The van der Waals surface area contributed by atoms with E-state index in [1.54, 1.807) is 0 Å². The Labute approximate surface area is 133 Å². The van der Waals surface area contributed by atoms with Crippen LogP contribution in [0.25, 0.3) is 0 Å². The van der Waals surface area contributed by atoms with Crippen molar-refractivity contribution in [1.82, 2.24) is 5.32 Å². The number of hydrogen-bond acceptors (Lipinski definition) is 1. The first kappa shape index (κ1) is 16.1. The first-order chi connectivity index (χ1) is 9.51. The Kier molecular flexibility index (Phi) is 5.77. The van der Waals surface area contributed by atoms with Gasteiger partial charge in [0.2, 0.25) is 0 Å². The lowest BCUT2D eigenvalue weighted by Crippen LogP contribution is -2.40. The van der Waals surface area contributed by atoms with Crippen molar-refractivity contribution in [2.45, 2.75) is 45.6 Å². The number of halogens is 2. The van der Waals surface area contributed by atoms with E-state index < -0.39 is 0 Å². The second kappa shape index (κ2) is 7.15. The van der Waals surface area contributed by atoms with Crippen molar-refractivity contribution in [2.24, 2.45) is 17.8 Å². The van der Waals surface area contributed by atoms with Crippen molar-refractivity contribution < 1.29 is 0 Å². The van der Waals surface area contributed by atoms with Gasteiger partial charge in [0.1, 0.15) is 0 Å². The molecule has 1 aliphatic carbocycles. The molecule has 0 bridgehead atoms. The standard InChI is InChI=1S/C17H25Cl2N/c1-11(2)12-5-7-17(20-3)14(8-12)9-13-4-6-15(18)10-16(13)19/h4,6,10-12,14,17,20H,5,7-9H2,1-3H3. The van der Waals surface area contributed by atoms with Crippen molar-refractivity contribution >= 4 is 23.2 Å². The molecule has 0 saturated heterocycles. The predicted octanol–water partition coefficient (Wildman–Crippen LogP) is 5.20. The van der Waals surface area contributed by atoms with Gasteiger partial charge in [-0.3, -0.25) is 0 Å². The summed E-state index contributed by atoms with van der Waals surface area (Å²) in [5, 5.41) is 5.02. The summed E-state index contributed by atoms with van der Waals surface area (Å²) in [5.41, 5.74) is 1.23. The largest absolute Gasteiger partial charge is 0.317 e. The molecule has 3 atom stereocenters. The Morgan fingerprint density at radius 2 is 2.00 bits per heavy atom. The SMILES string of the molecule is CNC1CCC(C(C)C)CC1Cc1ccc(Cl)cc1Cl. The lowest BCUT2D eigenvalue weighted by molar-refractivity contribution is 0.173. The highest BCUT2D eigenvalue weighted by Crippen LogP contribution is 2.36. The molecule has 2 rings (SSSR count). The van der Waals surface area contributed by atoms with Gasteiger partial charge in [0, 0.05) is 16.1 Å². The van der Waals surface area contributed by atoms with Crippen LogP contribution < -0.4 is 5.32 Å². The second-order valence-corrected chi connectivity index (χ2v) is 7.26. The summed E-state index contributed by atoms with van der Waals surface area (Å²) in [4.78, 5) is 0. The average molecular weight is 314 g/mol. The van der Waals surface area contributed by atoms with Gasteiger partial charge in [-0.25, -0.2) is 0 Å². The van der Waals surface area contributed by atoms with Crippen molar-refractivity contribution in [3.63, 3.8) is 0 Å². The zero-order chi connectivity index (χ0) is 14.7. The molecule has 0 aliphatic heterocycles. The molecule has 1 aromatic rings. The molecule has 20 heavy (non-hydrogen) atoms. The Hall–Kier alpha value is -0.240. The quantitative estimate of drug-likeness (QED) is 0.806. The summed E-state index contributed by atoms with van der Waals surface area (Å²) in [6, 6.07) is 6.49. The molecule has 1 saturated carbocycles. The molecule has 0 aromatic heterocycles. The van der Waals surface area contributed by atoms with Crippen molar-refractivity contribution in [2.75, 3.05) is 7.05 Å². The highest BCUT2D eigenvalue weighted by atomic mass is 35.5. The molecule has 3 heteroatoms. The normalized spacial score (nSPS) is 27.0. The summed E-state index contributed by atoms with van der Waals surface area (Å²) in [7, 11) is 2.08. The van der Waals surface area contributed by atoms with Crippen molar-refractivity contribution in [1.29, 1.82) is 0 Å². The van der Waals surface area contributed by atoms with Crippen LogP contribution in [0.5, 0.6) is 0 Å². The highest BCUT2D eigenvalue weighted by Gasteiger charge is 2.31. The summed E-state index contributed by atoms with van der Waals surface area (Å²) in [5.74, 6) is 2.28. The van der Waals surface area contributed by atoms with Crippen LogP contribution in [-0.2, 0) is 6.42 Å². The second-order valence-electron chi connectivity index (χ2n) is 6.41. The van der Waals surface area contributed by atoms with Gasteiger partial charge in [0.05, 0.1) is 0 Å². The van der Waals surface area contributed by atoms with Gasteiger partial charge in [-0.15, -0.1) is 0 Å². The van der Waals surface area contributed by atoms with Crippen molar-refractivity contribution in [3.8, 4) is 0 Å². The third kappa shape index (κ3) is 3.90. The Bertz CT molecular complexity index is 445. The maximum absolute atomic E-state index is 6.33. The van der Waals surface area contributed by atoms with Crippen LogP contribution in [0.3, 0.4) is 0 Å². The minimum Gasteiger partial charge on any atom is -0.317 e. The van der Waals surface area contributed by atoms with E-state index >= 15 is 0 Å². The van der Waals surface area contributed by atoms with Crippen molar-refractivity contribution in [3.05, 3.63) is 33.8 Å². The number of hydrogen-bond donors (Lipinski definition) is 1. The summed E-state index contributed by atoms with van der Waals surface area (Å²) < 4.78 is 0. The molecule has 0 amide bonds. The van der Waals surface area contributed by atoms with Gasteiger partial charge in [0.15, 0.2) is 0 Å². The van der Waals surface area contributed by atoms with Crippen LogP contribution >= 0.6 is 23.2 Å². The number of benzene rings is 1. The molecule has 0 spiro atoms. The minimum atomic E-state index is 0.608. The van der Waals surface area contributed by atoms with E-state index in [1.165, 1.54) is 24.8 Å². The molecular formula is C17H25Cl2N. The molecule has 1 nitrogen and oxygen atoms in total. The van der Waals surface area contributed by atoms with Crippen LogP contribution in [-0.4, -0.2) is 13.1 Å². The van der Waals surface area contributed by atoms with Gasteiger partial charge in [-0.05, 0) is 68.2 Å². The van der Waals surface area contributed by atoms with Crippen LogP contribution in [0.15, 0.2) is 18.2 Å². The van der Waals surface area contributed by atoms with Crippen LogP contribution in [0.4, 0.5) is 0 Å². The summed E-state index contributed by atoms with van der Waals surface area (Å²) in [6.07, 6.45) is 4.95. The predicted molar refractivity (Wildman–Crippen MR) is 88.7 cm³/mol. The molecule has 1 N–H and O–H groups in total. The van der Waals surface area contributed by atoms with Gasteiger partial charge in [0.25, 0.3) is 0 Å². The van der Waals surface area contributed by atoms with Gasteiger partial charge in [-0.2, -0.15) is 0 Å². The highest BCUT2D eigenvalue weighted by molar-refractivity contribution is 6.35. The third-order valence-corrected chi connectivity index (χ3v) is 5.42. The molecule has 1 aliphatic rings. The van der Waals surface area contributed by atoms with E-state index in [0.29, 0.717) is 17.0 Å². The van der Waals surface area contributed by atoms with E-state index in [0.717, 1.165) is 23.3 Å². The summed E-state index contributed by atoms with van der Waals surface area (Å²) >= 11 is 12.3. The molecule has 1 aromatic carbocycles. The van der Waals surface area contributed by atoms with E-state index in [1.807, 2.05) is 12.1 Å². The first-order valence-corrected chi connectivity index (χ1v) is 8.38. The molecule has 1 fully saturated rings. The van der Waals surface area contributed by atoms with Crippen LogP contribution in [0.2, 0.25) is 10.0 Å². The fourth-order valence-electron chi connectivity index (χ4n) is 3.48. The molecule has 112 valence electrons. The van der Waals surface area contributed by atoms with E-state index in [2.05, 4.69) is 32.3 Å². The van der Waals surface area contributed by atoms with Gasteiger partial charge < -0.3 is 5.32 Å². The lowest BCUT2D eigenvalue weighted by Gasteiger charge is -2.38. The number of rotatable bonds is 4. The van der Waals surface area contributed by atoms with Gasteiger partial charge in [-0.1, -0.05) is 43.1 Å². The van der Waals surface area contributed by atoms with Crippen LogP contribution in [0.1, 0.15) is 38.7 Å². The first-order valence-electron chi connectivity index (χ1n) is 7.62. The van der Waals surface area contributed by atoms with Crippen LogP contribution in [0, 0.1) is 17.8 Å². The molecule has 3 unspecified atom stereocenters. The lowest BCUT2D eigenvalue weighted by atomic mass is 9.72. The fraction of sp³-hybridized carbons (Fsp3) is 0.647. The molecular weight excluding hydrogens is 289 g/mol. The topological polar surface area (TPSA) is 12.0 Å². The Morgan fingerprint density at radius 3 is 2.60 bits per heavy atom. The molecule has 0 heterocycles. The zero-order valence-corrected chi connectivity index (χ0v) is 14.1. The van der Waals surface area contributed by atoms with E-state index in [4.69, 9.17) is 23.2 Å². The Morgan fingerprint density at radius 1 is 1.25 bits per heavy atom. The minimum absolute atomic E-state index is 0.608. The molecule has 0 radical (unpaired) electrons. The van der Waals surface area contributed by atoms with E-state index in [-0.39, 0.29) is 0 Å².